The summed E-state index contributed by atoms with van der Waals surface area (Å²) in [6.07, 6.45) is 2.11. The van der Waals surface area contributed by atoms with Crippen LogP contribution in [0, 0.1) is 0 Å². The fraction of sp³-hybridized carbons (Fsp3) is 0.286. The van der Waals surface area contributed by atoms with Gasteiger partial charge in [-0.2, -0.15) is 0 Å². The van der Waals surface area contributed by atoms with E-state index in [0.29, 0.717) is 23.2 Å². The van der Waals surface area contributed by atoms with E-state index >= 15 is 0 Å². The summed E-state index contributed by atoms with van der Waals surface area (Å²) in [4.78, 5) is 38.3. The van der Waals surface area contributed by atoms with Crippen LogP contribution >= 0.6 is 0 Å². The van der Waals surface area contributed by atoms with E-state index in [-0.39, 0.29) is 30.4 Å². The molecule has 1 fully saturated rings. The maximum atomic E-state index is 12.4. The number of carbonyl (C=O) groups excluding carboxylic acids is 3. The summed E-state index contributed by atoms with van der Waals surface area (Å²) in [6, 6.07) is 13.8. The second kappa shape index (κ2) is 7.32. The van der Waals surface area contributed by atoms with Gasteiger partial charge in [0.1, 0.15) is 0 Å². The van der Waals surface area contributed by atoms with Crippen LogP contribution in [0.1, 0.15) is 49.5 Å². The normalized spacial score (nSPS) is 18.7. The fourth-order valence-corrected chi connectivity index (χ4v) is 3.44. The molecule has 4 rings (SSSR count). The molecule has 2 heterocycles. The Morgan fingerprint density at radius 3 is 2.30 bits per heavy atom. The zero-order valence-electron chi connectivity index (χ0n) is 14.8. The molecule has 0 aromatic heterocycles. The number of imide groups is 1. The number of rotatable bonds is 5. The average Bonchev–Trinajstić information content (AvgIpc) is 3.30. The second-order valence-electron chi connectivity index (χ2n) is 6.78. The molecular weight excluding hydrogens is 344 g/mol. The highest BCUT2D eigenvalue weighted by Gasteiger charge is 2.34. The van der Waals surface area contributed by atoms with Crippen LogP contribution in [0.2, 0.25) is 0 Å². The Labute approximate surface area is 157 Å². The number of fused-ring (bicyclic) bond motifs is 1. The Morgan fingerprint density at radius 1 is 1.04 bits per heavy atom. The minimum Gasteiger partial charge on any atom is -0.376 e. The largest absolute Gasteiger partial charge is 0.376 e. The Morgan fingerprint density at radius 2 is 1.70 bits per heavy atom. The molecule has 27 heavy (non-hydrogen) atoms. The van der Waals surface area contributed by atoms with Crippen LogP contribution in [-0.4, -0.2) is 41.9 Å². The third kappa shape index (κ3) is 3.48. The van der Waals surface area contributed by atoms with Gasteiger partial charge in [-0.1, -0.05) is 24.3 Å². The van der Waals surface area contributed by atoms with Gasteiger partial charge in [-0.15, -0.1) is 0 Å². The van der Waals surface area contributed by atoms with Crippen molar-refractivity contribution >= 4 is 17.7 Å². The van der Waals surface area contributed by atoms with Crippen molar-refractivity contribution < 1.29 is 19.1 Å². The molecule has 1 saturated heterocycles. The predicted octanol–water partition coefficient (Wildman–Crippen LogP) is 2.39. The molecule has 1 atom stereocenters. The Hall–Kier alpha value is -2.99. The summed E-state index contributed by atoms with van der Waals surface area (Å²) in [6.45, 7) is 1.45. The number of carbonyl (C=O) groups is 3. The maximum Gasteiger partial charge on any atom is 0.261 e. The highest BCUT2D eigenvalue weighted by molar-refractivity contribution is 6.21. The number of ether oxygens (including phenoxy) is 1. The molecule has 6 nitrogen and oxygen atoms in total. The zero-order chi connectivity index (χ0) is 18.8. The van der Waals surface area contributed by atoms with E-state index in [9.17, 15) is 14.4 Å². The molecule has 0 aliphatic carbocycles. The van der Waals surface area contributed by atoms with Crippen LogP contribution in [0.25, 0.3) is 0 Å². The molecule has 2 aromatic rings. The number of hydrogen-bond donors (Lipinski definition) is 1. The lowest BCUT2D eigenvalue weighted by Crippen LogP contribution is -2.31. The van der Waals surface area contributed by atoms with Gasteiger partial charge in [0.05, 0.1) is 23.8 Å². The van der Waals surface area contributed by atoms with Crippen molar-refractivity contribution in [2.75, 3.05) is 13.2 Å². The monoisotopic (exact) mass is 364 g/mol. The zero-order valence-corrected chi connectivity index (χ0v) is 14.8. The van der Waals surface area contributed by atoms with Crippen LogP contribution in [0.3, 0.4) is 0 Å². The summed E-state index contributed by atoms with van der Waals surface area (Å²) >= 11 is 0. The molecule has 0 radical (unpaired) electrons. The molecule has 138 valence electrons. The van der Waals surface area contributed by atoms with E-state index in [0.717, 1.165) is 25.0 Å². The molecule has 1 N–H and O–H groups in total. The minimum absolute atomic E-state index is 0.0991. The van der Waals surface area contributed by atoms with Gasteiger partial charge in [-0.05, 0) is 42.7 Å². The van der Waals surface area contributed by atoms with E-state index in [1.54, 1.807) is 48.5 Å². The molecule has 6 heteroatoms. The summed E-state index contributed by atoms with van der Waals surface area (Å²) in [7, 11) is 0. The van der Waals surface area contributed by atoms with Crippen LogP contribution in [-0.2, 0) is 11.3 Å². The van der Waals surface area contributed by atoms with Gasteiger partial charge >= 0.3 is 0 Å². The average molecular weight is 364 g/mol. The van der Waals surface area contributed by atoms with Crippen molar-refractivity contribution in [2.24, 2.45) is 0 Å². The Balaban J connectivity index is 1.39. The van der Waals surface area contributed by atoms with Crippen molar-refractivity contribution in [1.82, 2.24) is 10.2 Å². The van der Waals surface area contributed by atoms with Gasteiger partial charge < -0.3 is 10.1 Å². The first-order valence-electron chi connectivity index (χ1n) is 9.07. The van der Waals surface area contributed by atoms with Crippen LogP contribution in [0.4, 0.5) is 0 Å². The van der Waals surface area contributed by atoms with Crippen molar-refractivity contribution in [3.05, 3.63) is 70.8 Å². The standard InChI is InChI=1S/C21H20N2O4/c24-19(22-12-16-4-3-11-27-16)15-9-7-14(8-10-15)13-23-20(25)17-5-1-2-6-18(17)21(23)26/h1-2,5-10,16H,3-4,11-13H2,(H,22,24). The van der Waals surface area contributed by atoms with Crippen molar-refractivity contribution in [1.29, 1.82) is 0 Å². The van der Waals surface area contributed by atoms with E-state index < -0.39 is 0 Å². The highest BCUT2D eigenvalue weighted by atomic mass is 16.5. The molecule has 0 bridgehead atoms. The summed E-state index contributed by atoms with van der Waals surface area (Å²) < 4.78 is 5.50. The molecular formula is C21H20N2O4. The maximum absolute atomic E-state index is 12.4. The number of nitrogens with one attached hydrogen (secondary N) is 1. The van der Waals surface area contributed by atoms with E-state index in [4.69, 9.17) is 4.74 Å². The Kier molecular flexibility index (Phi) is 4.73. The second-order valence-corrected chi connectivity index (χ2v) is 6.78. The third-order valence-corrected chi connectivity index (χ3v) is 4.95. The predicted molar refractivity (Wildman–Crippen MR) is 98.4 cm³/mol. The molecule has 0 spiro atoms. The van der Waals surface area contributed by atoms with E-state index in [1.165, 1.54) is 4.90 Å². The van der Waals surface area contributed by atoms with Crippen LogP contribution in [0.5, 0.6) is 0 Å². The SMILES string of the molecule is O=C(NCC1CCCO1)c1ccc(CN2C(=O)c3ccccc3C2=O)cc1. The van der Waals surface area contributed by atoms with Crippen LogP contribution in [0.15, 0.2) is 48.5 Å². The van der Waals surface area contributed by atoms with Crippen LogP contribution < -0.4 is 5.32 Å². The summed E-state index contributed by atoms with van der Waals surface area (Å²) in [5.74, 6) is -0.722. The number of hydrogen-bond acceptors (Lipinski definition) is 4. The minimum atomic E-state index is -0.283. The first kappa shape index (κ1) is 17.4. The lowest BCUT2D eigenvalue weighted by molar-refractivity contribution is 0.0641. The van der Waals surface area contributed by atoms with Crippen molar-refractivity contribution in [2.45, 2.75) is 25.5 Å². The number of nitrogens with zero attached hydrogens (tertiary/aromatic N) is 1. The lowest BCUT2D eigenvalue weighted by atomic mass is 10.1. The summed E-state index contributed by atoms with van der Waals surface area (Å²) in [5, 5.41) is 2.88. The molecule has 0 saturated carbocycles. The number of benzene rings is 2. The first-order valence-corrected chi connectivity index (χ1v) is 9.07. The molecule has 2 aliphatic heterocycles. The third-order valence-electron chi connectivity index (χ3n) is 4.95. The lowest BCUT2D eigenvalue weighted by Gasteiger charge is -2.14. The summed E-state index contributed by atoms with van der Waals surface area (Å²) in [5.41, 5.74) is 2.21. The van der Waals surface area contributed by atoms with Gasteiger partial charge in [0, 0.05) is 18.7 Å². The van der Waals surface area contributed by atoms with Gasteiger partial charge in [0.15, 0.2) is 0 Å². The highest BCUT2D eigenvalue weighted by Crippen LogP contribution is 2.24. The van der Waals surface area contributed by atoms with Crippen molar-refractivity contribution in [3.8, 4) is 0 Å². The fourth-order valence-electron chi connectivity index (χ4n) is 3.44. The Bertz CT molecular complexity index is 850. The van der Waals surface area contributed by atoms with Crippen molar-refractivity contribution in [3.63, 3.8) is 0 Å². The van der Waals surface area contributed by atoms with Gasteiger partial charge in [-0.25, -0.2) is 0 Å². The molecule has 2 aromatic carbocycles. The smallest absolute Gasteiger partial charge is 0.261 e. The molecule has 1 unspecified atom stereocenters. The molecule has 2 aliphatic rings. The number of amides is 3. The van der Waals surface area contributed by atoms with Gasteiger partial charge in [-0.3, -0.25) is 19.3 Å². The van der Waals surface area contributed by atoms with Gasteiger partial charge in [0.25, 0.3) is 17.7 Å². The topological polar surface area (TPSA) is 75.7 Å². The molecule has 3 amide bonds. The quantitative estimate of drug-likeness (QED) is 0.827. The van der Waals surface area contributed by atoms with E-state index in [1.807, 2.05) is 0 Å². The van der Waals surface area contributed by atoms with E-state index in [2.05, 4.69) is 5.32 Å². The first-order chi connectivity index (χ1) is 13.1. The van der Waals surface area contributed by atoms with Gasteiger partial charge in [0.2, 0.25) is 0 Å².